The van der Waals surface area contributed by atoms with Crippen molar-refractivity contribution in [1.29, 1.82) is 0 Å². The second-order valence-electron chi connectivity index (χ2n) is 3.48. The van der Waals surface area contributed by atoms with Crippen LogP contribution in [0.1, 0.15) is 6.92 Å². The van der Waals surface area contributed by atoms with Crippen LogP contribution in [0.25, 0.3) is 0 Å². The average molecular weight is 344 g/mol. The Hall–Kier alpha value is -1.76. The fraction of sp³-hybridized carbons (Fsp3) is 0.333. The van der Waals surface area contributed by atoms with Crippen molar-refractivity contribution in [3.05, 3.63) is 24.8 Å². The minimum absolute atomic E-state index is 0.189. The average Bonchev–Trinajstić information content (AvgIpc) is 2.31. The molecule has 0 bridgehead atoms. The molecule has 0 radical (unpaired) electrons. The third kappa shape index (κ3) is 18.2. The molecule has 0 aliphatic rings. The van der Waals surface area contributed by atoms with Crippen molar-refractivity contribution in [1.82, 2.24) is 10.6 Å². The van der Waals surface area contributed by atoms with Crippen LogP contribution in [0, 0.1) is 0 Å². The fourth-order valence-corrected chi connectivity index (χ4v) is 1.18. The van der Waals surface area contributed by atoms with Gasteiger partial charge in [-0.15, -0.1) is 0 Å². The molecule has 0 heterocycles. The highest BCUT2D eigenvalue weighted by Gasteiger charge is 2.07. The summed E-state index contributed by atoms with van der Waals surface area (Å²) in [6.07, 6.45) is 0.908. The Morgan fingerprint density at radius 1 is 1.05 bits per heavy atom. The first-order chi connectivity index (χ1) is 9.28. The number of nitrogens with one attached hydrogen (secondary N) is 2. The standard InChI is InChI=1S/C5H9NO4S.C4H7NO4S/c1-4(2)5(7)6-3-11(8,9)10;1-2-4(6)5-3-10(7,8)9/h1,3H2,2H3,(H,6,7)(H,8,9,10);2H,1,3H2,(H,5,6)(H,7,8,9). The highest BCUT2D eigenvalue weighted by molar-refractivity contribution is 7.86. The maximum Gasteiger partial charge on any atom is 0.283 e. The summed E-state index contributed by atoms with van der Waals surface area (Å²) in [4.78, 5) is 20.9. The molecule has 122 valence electrons. The van der Waals surface area contributed by atoms with Crippen molar-refractivity contribution in [2.24, 2.45) is 0 Å². The molecule has 0 spiro atoms. The second kappa shape index (κ2) is 9.23. The quantitative estimate of drug-likeness (QED) is 0.339. The van der Waals surface area contributed by atoms with Crippen molar-refractivity contribution >= 4 is 32.1 Å². The van der Waals surface area contributed by atoms with Crippen molar-refractivity contribution < 1.29 is 35.5 Å². The third-order valence-electron chi connectivity index (χ3n) is 1.42. The van der Waals surface area contributed by atoms with Gasteiger partial charge >= 0.3 is 0 Å². The zero-order valence-electron chi connectivity index (χ0n) is 11.1. The van der Waals surface area contributed by atoms with Crippen molar-refractivity contribution in [3.8, 4) is 0 Å². The molecule has 4 N–H and O–H groups in total. The van der Waals surface area contributed by atoms with Crippen LogP contribution in [0.3, 0.4) is 0 Å². The number of carbonyl (C=O) groups excluding carboxylic acids is 2. The van der Waals surface area contributed by atoms with Crippen LogP contribution in [0.2, 0.25) is 0 Å². The maximum atomic E-state index is 10.6. The molecule has 0 aromatic carbocycles. The van der Waals surface area contributed by atoms with E-state index in [4.69, 9.17) is 9.11 Å². The van der Waals surface area contributed by atoms with Gasteiger partial charge in [-0.25, -0.2) is 0 Å². The Morgan fingerprint density at radius 3 is 1.71 bits per heavy atom. The molecule has 0 aliphatic heterocycles. The summed E-state index contributed by atoms with van der Waals surface area (Å²) in [5.74, 6) is -2.79. The van der Waals surface area contributed by atoms with Crippen molar-refractivity contribution in [3.63, 3.8) is 0 Å². The molecule has 0 unspecified atom stereocenters. The van der Waals surface area contributed by atoms with Gasteiger partial charge in [-0.1, -0.05) is 13.2 Å². The van der Waals surface area contributed by atoms with E-state index in [1.54, 1.807) is 0 Å². The summed E-state index contributed by atoms with van der Waals surface area (Å²) in [5.41, 5.74) is 0.189. The maximum absolute atomic E-state index is 10.6. The van der Waals surface area contributed by atoms with Gasteiger partial charge in [-0.3, -0.25) is 18.7 Å². The van der Waals surface area contributed by atoms with Gasteiger partial charge in [0.2, 0.25) is 11.8 Å². The summed E-state index contributed by atoms with van der Waals surface area (Å²) in [7, 11) is -8.23. The van der Waals surface area contributed by atoms with E-state index in [0.717, 1.165) is 6.08 Å². The van der Waals surface area contributed by atoms with Gasteiger partial charge in [0, 0.05) is 5.57 Å². The lowest BCUT2D eigenvalue weighted by atomic mass is 10.3. The van der Waals surface area contributed by atoms with Gasteiger partial charge in [-0.05, 0) is 13.0 Å². The Kier molecular flexibility index (Phi) is 9.46. The first-order valence-corrected chi connectivity index (χ1v) is 8.24. The molecule has 0 fully saturated rings. The van der Waals surface area contributed by atoms with Gasteiger partial charge in [0.05, 0.1) is 0 Å². The zero-order valence-corrected chi connectivity index (χ0v) is 12.7. The predicted octanol–water partition coefficient (Wildman–Crippen LogP) is -1.34. The third-order valence-corrected chi connectivity index (χ3v) is 2.44. The summed E-state index contributed by atoms with van der Waals surface area (Å²) in [6.45, 7) is 7.77. The molecule has 0 atom stereocenters. The van der Waals surface area contributed by atoms with E-state index in [-0.39, 0.29) is 5.57 Å². The molecule has 12 heteroatoms. The van der Waals surface area contributed by atoms with Crippen molar-refractivity contribution in [2.45, 2.75) is 6.92 Å². The van der Waals surface area contributed by atoms with Crippen LogP contribution in [0.4, 0.5) is 0 Å². The molecule has 10 nitrogen and oxygen atoms in total. The summed E-state index contributed by atoms with van der Waals surface area (Å²) in [6, 6.07) is 0. The minimum Gasteiger partial charge on any atom is -0.336 e. The lowest BCUT2D eigenvalue weighted by Gasteiger charge is -2.00. The summed E-state index contributed by atoms with van der Waals surface area (Å²) in [5, 5.41) is 3.82. The number of hydrogen-bond donors (Lipinski definition) is 4. The van der Waals surface area contributed by atoms with Crippen LogP contribution < -0.4 is 10.6 Å². The predicted molar refractivity (Wildman–Crippen MR) is 74.1 cm³/mol. The normalized spacial score (nSPS) is 10.6. The van der Waals surface area contributed by atoms with E-state index in [9.17, 15) is 26.4 Å². The molecular formula is C9H16N2O8S2. The Morgan fingerprint density at radius 2 is 1.43 bits per heavy atom. The van der Waals surface area contributed by atoms with Crippen LogP contribution in [-0.2, 0) is 29.8 Å². The van der Waals surface area contributed by atoms with E-state index < -0.39 is 43.8 Å². The van der Waals surface area contributed by atoms with E-state index in [1.165, 1.54) is 6.92 Å². The second-order valence-corrected chi connectivity index (χ2v) is 6.39. The van der Waals surface area contributed by atoms with Gasteiger partial charge in [0.15, 0.2) is 0 Å². The first-order valence-electron chi connectivity index (χ1n) is 5.02. The Bertz CT molecular complexity index is 606. The lowest BCUT2D eigenvalue weighted by molar-refractivity contribution is -0.117. The van der Waals surface area contributed by atoms with Crippen molar-refractivity contribution in [2.75, 3.05) is 11.8 Å². The van der Waals surface area contributed by atoms with Crippen LogP contribution >= 0.6 is 0 Å². The molecule has 0 aromatic heterocycles. The van der Waals surface area contributed by atoms with E-state index in [0.29, 0.717) is 0 Å². The largest absolute Gasteiger partial charge is 0.336 e. The lowest BCUT2D eigenvalue weighted by Crippen LogP contribution is -2.29. The number of amides is 2. The fourth-order valence-electron chi connectivity index (χ4n) is 0.542. The van der Waals surface area contributed by atoms with Gasteiger partial charge in [0.1, 0.15) is 11.8 Å². The molecule has 0 rings (SSSR count). The molecule has 0 saturated carbocycles. The Balaban J connectivity index is 0. The van der Waals surface area contributed by atoms with E-state index in [2.05, 4.69) is 13.2 Å². The van der Waals surface area contributed by atoms with Gasteiger partial charge in [-0.2, -0.15) is 16.8 Å². The molecule has 0 aromatic rings. The molecule has 0 aliphatic carbocycles. The van der Waals surface area contributed by atoms with E-state index in [1.807, 2.05) is 10.6 Å². The van der Waals surface area contributed by atoms with E-state index >= 15 is 0 Å². The van der Waals surface area contributed by atoms with Crippen LogP contribution in [-0.4, -0.2) is 49.5 Å². The smallest absolute Gasteiger partial charge is 0.283 e. The number of hydrogen-bond acceptors (Lipinski definition) is 6. The SMILES string of the molecule is C=C(C)C(=O)NCS(=O)(=O)O.C=CC(=O)NCS(=O)(=O)O. The Labute approximate surface area is 122 Å². The van der Waals surface area contributed by atoms with Crippen LogP contribution in [0.5, 0.6) is 0 Å². The molecule has 2 amide bonds. The monoisotopic (exact) mass is 344 g/mol. The zero-order chi connectivity index (χ0) is 17.3. The molecule has 0 saturated heterocycles. The highest BCUT2D eigenvalue weighted by Crippen LogP contribution is 1.86. The first kappa shape index (κ1) is 21.5. The highest BCUT2D eigenvalue weighted by atomic mass is 32.2. The molecular weight excluding hydrogens is 328 g/mol. The number of rotatable bonds is 6. The van der Waals surface area contributed by atoms with Crippen LogP contribution in [0.15, 0.2) is 24.8 Å². The summed E-state index contributed by atoms with van der Waals surface area (Å²) < 4.78 is 56.3. The minimum atomic E-state index is -4.13. The topological polar surface area (TPSA) is 167 Å². The number of carbonyl (C=O) groups is 2. The van der Waals surface area contributed by atoms with Gasteiger partial charge in [0.25, 0.3) is 20.2 Å². The summed E-state index contributed by atoms with van der Waals surface area (Å²) >= 11 is 0. The van der Waals surface area contributed by atoms with Gasteiger partial charge < -0.3 is 10.6 Å². The molecule has 21 heavy (non-hydrogen) atoms.